The lowest BCUT2D eigenvalue weighted by atomic mass is 9.78. The van der Waals surface area contributed by atoms with E-state index in [1.165, 1.54) is 60.8 Å². The van der Waals surface area contributed by atoms with Crippen LogP contribution in [0.15, 0.2) is 28.6 Å². The smallest absolute Gasteiger partial charge is 0.233 e. The van der Waals surface area contributed by atoms with Crippen LogP contribution in [-0.4, -0.2) is 39.3 Å². The molecule has 27 heavy (non-hydrogen) atoms. The van der Waals surface area contributed by atoms with Gasteiger partial charge in [-0.1, -0.05) is 53.6 Å². The van der Waals surface area contributed by atoms with E-state index in [0.717, 1.165) is 34.0 Å². The summed E-state index contributed by atoms with van der Waals surface area (Å²) >= 11 is 3.01. The summed E-state index contributed by atoms with van der Waals surface area (Å²) < 4.78 is 0.843. The lowest BCUT2D eigenvalue weighted by molar-refractivity contribution is -0.134. The van der Waals surface area contributed by atoms with Crippen molar-refractivity contribution in [3.63, 3.8) is 0 Å². The van der Waals surface area contributed by atoms with Gasteiger partial charge in [0.1, 0.15) is 0 Å². The number of aryl methyl sites for hydroxylation is 1. The van der Waals surface area contributed by atoms with Crippen molar-refractivity contribution in [1.29, 1.82) is 0 Å². The molecule has 2 fully saturated rings. The van der Waals surface area contributed by atoms with E-state index in [-0.39, 0.29) is 5.91 Å². The number of rotatable bonds is 5. The van der Waals surface area contributed by atoms with Crippen LogP contribution in [0.4, 0.5) is 10.8 Å². The van der Waals surface area contributed by atoms with Crippen molar-refractivity contribution >= 4 is 39.8 Å². The fourth-order valence-electron chi connectivity index (χ4n) is 4.22. The Balaban J connectivity index is 1.31. The van der Waals surface area contributed by atoms with E-state index in [9.17, 15) is 4.79 Å². The first kappa shape index (κ1) is 18.7. The van der Waals surface area contributed by atoms with Crippen LogP contribution < -0.4 is 5.32 Å². The number of carbonyl (C=O) groups is 1. The van der Waals surface area contributed by atoms with Crippen LogP contribution in [0, 0.1) is 12.8 Å². The van der Waals surface area contributed by atoms with Crippen LogP contribution in [-0.2, 0) is 4.79 Å². The molecule has 1 aliphatic heterocycles. The van der Waals surface area contributed by atoms with Gasteiger partial charge in [-0.05, 0) is 50.7 Å². The van der Waals surface area contributed by atoms with E-state index in [0.29, 0.717) is 11.8 Å². The summed E-state index contributed by atoms with van der Waals surface area (Å²) in [4.78, 5) is 15.0. The van der Waals surface area contributed by atoms with Crippen molar-refractivity contribution in [3.8, 4) is 0 Å². The second-order valence-electron chi connectivity index (χ2n) is 7.49. The summed E-state index contributed by atoms with van der Waals surface area (Å²) in [6.45, 7) is 3.00. The lowest BCUT2D eigenvalue weighted by Crippen LogP contribution is -2.50. The van der Waals surface area contributed by atoms with E-state index in [1.807, 2.05) is 12.1 Å². The Hall–Kier alpha value is -1.60. The number of thioether (sulfide) groups is 1. The van der Waals surface area contributed by atoms with Gasteiger partial charge in [-0.25, -0.2) is 0 Å². The molecule has 2 atom stereocenters. The van der Waals surface area contributed by atoms with E-state index in [4.69, 9.17) is 0 Å². The average molecular weight is 403 g/mol. The van der Waals surface area contributed by atoms with Crippen molar-refractivity contribution < 1.29 is 4.79 Å². The number of benzene rings is 1. The maximum absolute atomic E-state index is 12.8. The molecule has 5 nitrogen and oxygen atoms in total. The second-order valence-corrected chi connectivity index (χ2v) is 9.69. The molecule has 7 heteroatoms. The van der Waals surface area contributed by atoms with Gasteiger partial charge in [-0.3, -0.25) is 4.79 Å². The quantitative estimate of drug-likeness (QED) is 0.724. The van der Waals surface area contributed by atoms with Crippen LogP contribution in [0.3, 0.4) is 0 Å². The predicted molar refractivity (Wildman–Crippen MR) is 112 cm³/mol. The van der Waals surface area contributed by atoms with Gasteiger partial charge in [0.25, 0.3) is 0 Å². The lowest BCUT2D eigenvalue weighted by Gasteiger charge is -2.44. The summed E-state index contributed by atoms with van der Waals surface area (Å²) in [6, 6.07) is 8.67. The Kier molecular flexibility index (Phi) is 5.98. The first-order valence-electron chi connectivity index (χ1n) is 9.78. The molecule has 1 aromatic heterocycles. The zero-order valence-corrected chi connectivity index (χ0v) is 17.3. The number of fused-ring (bicyclic) bond motifs is 1. The number of hydrogen-bond donors (Lipinski definition) is 1. The zero-order valence-electron chi connectivity index (χ0n) is 15.7. The first-order valence-corrected chi connectivity index (χ1v) is 11.6. The van der Waals surface area contributed by atoms with Crippen molar-refractivity contribution in [2.75, 3.05) is 17.6 Å². The van der Waals surface area contributed by atoms with Crippen molar-refractivity contribution in [2.45, 2.75) is 55.8 Å². The third-order valence-electron chi connectivity index (χ3n) is 5.59. The third-order valence-corrected chi connectivity index (χ3v) is 7.55. The molecule has 0 radical (unpaired) electrons. The number of amides is 1. The van der Waals surface area contributed by atoms with Crippen LogP contribution >= 0.6 is 23.1 Å². The number of nitrogens with zero attached hydrogens (tertiary/aromatic N) is 3. The molecule has 1 aromatic carbocycles. The van der Waals surface area contributed by atoms with Gasteiger partial charge in [0.05, 0.1) is 5.75 Å². The Morgan fingerprint density at radius 2 is 1.96 bits per heavy atom. The van der Waals surface area contributed by atoms with E-state index >= 15 is 0 Å². The molecule has 2 aromatic rings. The van der Waals surface area contributed by atoms with Gasteiger partial charge >= 0.3 is 0 Å². The highest BCUT2D eigenvalue weighted by Gasteiger charge is 2.35. The summed E-state index contributed by atoms with van der Waals surface area (Å²) in [5.74, 6) is 1.45. The molecule has 144 valence electrons. The molecule has 1 aliphatic carbocycles. The molecular weight excluding hydrogens is 376 g/mol. The van der Waals surface area contributed by atoms with Crippen molar-refractivity contribution in [1.82, 2.24) is 15.1 Å². The van der Waals surface area contributed by atoms with Gasteiger partial charge in [-0.2, -0.15) is 0 Å². The number of piperidine rings is 1. The number of aromatic nitrogens is 2. The Morgan fingerprint density at radius 1 is 1.19 bits per heavy atom. The Bertz CT molecular complexity index is 775. The molecule has 0 spiro atoms. The fraction of sp³-hybridized carbons (Fsp3) is 0.550. The van der Waals surface area contributed by atoms with Crippen LogP contribution in [0.5, 0.6) is 0 Å². The number of likely N-dealkylation sites (tertiary alicyclic amines) is 1. The van der Waals surface area contributed by atoms with Crippen LogP contribution in [0.1, 0.15) is 44.1 Å². The number of carbonyl (C=O) groups excluding carboxylic acids is 1. The minimum absolute atomic E-state index is 0.264. The summed E-state index contributed by atoms with van der Waals surface area (Å²) in [7, 11) is 0. The van der Waals surface area contributed by atoms with Crippen molar-refractivity contribution in [2.24, 2.45) is 5.92 Å². The highest BCUT2D eigenvalue weighted by Crippen LogP contribution is 2.36. The topological polar surface area (TPSA) is 58.1 Å². The van der Waals surface area contributed by atoms with Crippen LogP contribution in [0.2, 0.25) is 0 Å². The highest BCUT2D eigenvalue weighted by atomic mass is 32.2. The summed E-state index contributed by atoms with van der Waals surface area (Å²) in [5, 5.41) is 12.5. The molecule has 2 heterocycles. The van der Waals surface area contributed by atoms with Gasteiger partial charge in [-0.15, -0.1) is 10.2 Å². The molecule has 4 rings (SSSR count). The van der Waals surface area contributed by atoms with E-state index in [1.54, 1.807) is 0 Å². The monoisotopic (exact) mass is 402 g/mol. The molecule has 1 saturated carbocycles. The SMILES string of the molecule is Cc1ccc(Nc2nnc(SCC(=O)N3CCC[C@H]4CCCC[C@@H]43)s2)cc1. The third kappa shape index (κ3) is 4.63. The Labute approximate surface area is 168 Å². The fourth-order valence-corrected chi connectivity index (χ4v) is 5.88. The van der Waals surface area contributed by atoms with Gasteiger partial charge in [0.15, 0.2) is 4.34 Å². The maximum atomic E-state index is 12.8. The zero-order chi connectivity index (χ0) is 18.6. The van der Waals surface area contributed by atoms with Crippen LogP contribution in [0.25, 0.3) is 0 Å². The maximum Gasteiger partial charge on any atom is 0.233 e. The molecule has 1 N–H and O–H groups in total. The van der Waals surface area contributed by atoms with Gasteiger partial charge < -0.3 is 10.2 Å². The largest absolute Gasteiger partial charge is 0.339 e. The van der Waals surface area contributed by atoms with Gasteiger partial charge in [0.2, 0.25) is 11.0 Å². The number of hydrogen-bond acceptors (Lipinski definition) is 6. The number of nitrogens with one attached hydrogen (secondary N) is 1. The average Bonchev–Trinajstić information content (AvgIpc) is 3.15. The molecular formula is C20H26N4OS2. The standard InChI is InChI=1S/C20H26N4OS2/c1-14-8-10-16(11-9-14)21-19-22-23-20(27-19)26-13-18(25)24-12-4-6-15-5-2-3-7-17(15)24/h8-11,15,17H,2-7,12-13H2,1H3,(H,21,22)/t15-,17+/m1/s1. The molecule has 0 unspecified atom stereocenters. The van der Waals surface area contributed by atoms with Crippen molar-refractivity contribution in [3.05, 3.63) is 29.8 Å². The number of anilines is 2. The Morgan fingerprint density at radius 3 is 2.81 bits per heavy atom. The highest BCUT2D eigenvalue weighted by molar-refractivity contribution is 8.01. The minimum atomic E-state index is 0.264. The molecule has 1 saturated heterocycles. The predicted octanol–water partition coefficient (Wildman–Crippen LogP) is 4.86. The summed E-state index contributed by atoms with van der Waals surface area (Å²) in [5.41, 5.74) is 2.23. The van der Waals surface area contributed by atoms with E-state index < -0.39 is 0 Å². The van der Waals surface area contributed by atoms with Gasteiger partial charge in [0, 0.05) is 18.3 Å². The minimum Gasteiger partial charge on any atom is -0.339 e. The van der Waals surface area contributed by atoms with E-state index in [2.05, 4.69) is 39.5 Å². The first-order chi connectivity index (χ1) is 13.2. The molecule has 1 amide bonds. The second kappa shape index (κ2) is 8.61. The molecule has 2 aliphatic rings. The molecule has 0 bridgehead atoms. The normalized spacial score (nSPS) is 22.3. The summed E-state index contributed by atoms with van der Waals surface area (Å²) in [6.07, 6.45) is 7.53.